The number of hydrogen-bond acceptors (Lipinski definition) is 1. The van der Waals surface area contributed by atoms with Gasteiger partial charge in [0, 0.05) is 18.2 Å². The average molecular weight is 328 g/mol. The van der Waals surface area contributed by atoms with Crippen LogP contribution in [0.2, 0.25) is 0 Å². The van der Waals surface area contributed by atoms with Crippen LogP contribution in [0.3, 0.4) is 0 Å². The van der Waals surface area contributed by atoms with E-state index >= 15 is 0 Å². The first-order valence-corrected chi connectivity index (χ1v) is 7.45. The fourth-order valence-electron chi connectivity index (χ4n) is 2.78. The normalized spacial score (nSPS) is 27.4. The van der Waals surface area contributed by atoms with E-state index in [4.69, 9.17) is 0 Å². The van der Waals surface area contributed by atoms with Gasteiger partial charge in [0.25, 0.3) is 5.91 Å². The van der Waals surface area contributed by atoms with Crippen LogP contribution in [-0.2, 0) is 0 Å². The van der Waals surface area contributed by atoms with Crippen molar-refractivity contribution in [3.63, 3.8) is 0 Å². The van der Waals surface area contributed by atoms with E-state index in [-0.39, 0.29) is 11.9 Å². The molecule has 1 aliphatic heterocycles. The molecule has 0 aliphatic carbocycles. The van der Waals surface area contributed by atoms with E-state index in [0.29, 0.717) is 21.9 Å². The quantitative estimate of drug-likeness (QED) is 0.760. The fourth-order valence-corrected chi connectivity index (χ4v) is 3.02. The van der Waals surface area contributed by atoms with Gasteiger partial charge in [-0.2, -0.15) is 0 Å². The van der Waals surface area contributed by atoms with Crippen molar-refractivity contribution < 1.29 is 9.18 Å². The minimum absolute atomic E-state index is 0.0719. The van der Waals surface area contributed by atoms with Crippen LogP contribution in [0.5, 0.6) is 0 Å². The van der Waals surface area contributed by atoms with Crippen molar-refractivity contribution >= 4 is 21.8 Å². The highest BCUT2D eigenvalue weighted by Crippen LogP contribution is 2.28. The van der Waals surface area contributed by atoms with Gasteiger partial charge in [-0.15, -0.1) is 0 Å². The van der Waals surface area contributed by atoms with E-state index in [1.165, 1.54) is 6.07 Å². The molecule has 0 spiro atoms. The van der Waals surface area contributed by atoms with Gasteiger partial charge in [-0.05, 0) is 59.3 Å². The molecule has 0 N–H and O–H groups in total. The summed E-state index contributed by atoms with van der Waals surface area (Å²) in [6.07, 6.45) is 1.14. The molecule has 1 fully saturated rings. The first kappa shape index (κ1) is 14.5. The highest BCUT2D eigenvalue weighted by molar-refractivity contribution is 9.10. The zero-order chi connectivity index (χ0) is 14.2. The van der Waals surface area contributed by atoms with E-state index in [1.807, 2.05) is 4.90 Å². The van der Waals surface area contributed by atoms with Gasteiger partial charge in [0.2, 0.25) is 0 Å². The Bertz CT molecular complexity index is 491. The SMILES string of the molecule is CC1CC(C)C(C)N(C(=O)c2ccc(Br)c(F)c2)C1. The molecule has 104 valence electrons. The highest BCUT2D eigenvalue weighted by Gasteiger charge is 2.32. The molecular weight excluding hydrogens is 309 g/mol. The maximum atomic E-state index is 13.5. The highest BCUT2D eigenvalue weighted by atomic mass is 79.9. The molecule has 3 unspecified atom stereocenters. The molecule has 0 aromatic heterocycles. The lowest BCUT2D eigenvalue weighted by molar-refractivity contribution is 0.0455. The lowest BCUT2D eigenvalue weighted by atomic mass is 9.85. The fraction of sp³-hybridized carbons (Fsp3) is 0.533. The number of likely N-dealkylation sites (tertiary alicyclic amines) is 1. The first-order chi connectivity index (χ1) is 8.90. The molecule has 0 radical (unpaired) electrons. The van der Waals surface area contributed by atoms with Crippen molar-refractivity contribution in [3.8, 4) is 0 Å². The number of rotatable bonds is 1. The summed E-state index contributed by atoms with van der Waals surface area (Å²) in [5, 5.41) is 0. The van der Waals surface area contributed by atoms with Crippen LogP contribution in [0, 0.1) is 17.7 Å². The van der Waals surface area contributed by atoms with Gasteiger partial charge in [-0.1, -0.05) is 13.8 Å². The predicted octanol–water partition coefficient (Wildman–Crippen LogP) is 4.09. The Kier molecular flexibility index (Phi) is 4.29. The van der Waals surface area contributed by atoms with Crippen LogP contribution < -0.4 is 0 Å². The standard InChI is InChI=1S/C15H19BrFNO/c1-9-6-10(2)11(3)18(8-9)15(19)12-4-5-13(16)14(17)7-12/h4-5,7,9-11H,6,8H2,1-3H3. The summed E-state index contributed by atoms with van der Waals surface area (Å²) in [6.45, 7) is 7.15. The average Bonchev–Trinajstić information content (AvgIpc) is 2.36. The van der Waals surface area contributed by atoms with Crippen LogP contribution in [0.1, 0.15) is 37.6 Å². The van der Waals surface area contributed by atoms with Gasteiger partial charge in [0.1, 0.15) is 5.82 Å². The molecule has 4 heteroatoms. The number of carbonyl (C=O) groups is 1. The molecule has 3 atom stereocenters. The smallest absolute Gasteiger partial charge is 0.254 e. The minimum atomic E-state index is -0.392. The molecule has 1 saturated heterocycles. The second-order valence-corrected chi connectivity index (χ2v) is 6.50. The summed E-state index contributed by atoms with van der Waals surface area (Å²) in [4.78, 5) is 14.4. The number of halogens is 2. The van der Waals surface area contributed by atoms with E-state index in [9.17, 15) is 9.18 Å². The molecule has 19 heavy (non-hydrogen) atoms. The molecular formula is C15H19BrFNO. The maximum Gasteiger partial charge on any atom is 0.254 e. The van der Waals surface area contributed by atoms with Crippen LogP contribution in [-0.4, -0.2) is 23.4 Å². The summed E-state index contributed by atoms with van der Waals surface area (Å²) < 4.78 is 13.9. The van der Waals surface area contributed by atoms with Crippen molar-refractivity contribution in [2.24, 2.45) is 11.8 Å². The van der Waals surface area contributed by atoms with Gasteiger partial charge in [-0.25, -0.2) is 4.39 Å². The maximum absolute atomic E-state index is 13.5. The summed E-state index contributed by atoms with van der Waals surface area (Å²) in [6, 6.07) is 4.77. The van der Waals surface area contributed by atoms with E-state index < -0.39 is 5.82 Å². The van der Waals surface area contributed by atoms with Gasteiger partial charge in [0.05, 0.1) is 4.47 Å². The number of benzene rings is 1. The van der Waals surface area contributed by atoms with Crippen molar-refractivity contribution in [2.45, 2.75) is 33.2 Å². The van der Waals surface area contributed by atoms with Gasteiger partial charge >= 0.3 is 0 Å². The van der Waals surface area contributed by atoms with Crippen molar-refractivity contribution in [1.29, 1.82) is 0 Å². The topological polar surface area (TPSA) is 20.3 Å². The molecule has 1 aromatic rings. The Morgan fingerprint density at radius 1 is 1.37 bits per heavy atom. The summed E-state index contributed by atoms with van der Waals surface area (Å²) in [5.41, 5.74) is 0.425. The third kappa shape index (κ3) is 2.99. The Morgan fingerprint density at radius 3 is 2.68 bits per heavy atom. The van der Waals surface area contributed by atoms with Crippen LogP contribution in [0.15, 0.2) is 22.7 Å². The summed E-state index contributed by atoms with van der Waals surface area (Å²) >= 11 is 3.11. The van der Waals surface area contributed by atoms with Gasteiger partial charge in [-0.3, -0.25) is 4.79 Å². The van der Waals surface area contributed by atoms with E-state index in [2.05, 4.69) is 36.7 Å². The summed E-state index contributed by atoms with van der Waals surface area (Å²) in [7, 11) is 0. The number of piperidine rings is 1. The molecule has 0 saturated carbocycles. The van der Waals surface area contributed by atoms with Crippen molar-refractivity contribution in [3.05, 3.63) is 34.1 Å². The lowest BCUT2D eigenvalue weighted by Gasteiger charge is -2.41. The number of amides is 1. The third-order valence-corrected chi connectivity index (χ3v) is 4.67. The van der Waals surface area contributed by atoms with Crippen LogP contribution in [0.4, 0.5) is 4.39 Å². The second kappa shape index (κ2) is 5.61. The Morgan fingerprint density at radius 2 is 2.05 bits per heavy atom. The first-order valence-electron chi connectivity index (χ1n) is 6.66. The zero-order valence-electron chi connectivity index (χ0n) is 11.5. The van der Waals surface area contributed by atoms with Gasteiger partial charge < -0.3 is 4.90 Å². The molecule has 2 nitrogen and oxygen atoms in total. The molecule has 1 aromatic carbocycles. The molecule has 1 aliphatic rings. The van der Waals surface area contributed by atoms with Crippen LogP contribution in [0.25, 0.3) is 0 Å². The largest absolute Gasteiger partial charge is 0.335 e. The Labute approximate surface area is 122 Å². The minimum Gasteiger partial charge on any atom is -0.335 e. The molecule has 1 amide bonds. The second-order valence-electron chi connectivity index (χ2n) is 5.65. The third-order valence-electron chi connectivity index (χ3n) is 4.03. The lowest BCUT2D eigenvalue weighted by Crippen LogP contribution is -2.48. The summed E-state index contributed by atoms with van der Waals surface area (Å²) in [5.74, 6) is 0.511. The van der Waals surface area contributed by atoms with Crippen molar-refractivity contribution in [2.75, 3.05) is 6.54 Å². The molecule has 2 rings (SSSR count). The monoisotopic (exact) mass is 327 g/mol. The van der Waals surface area contributed by atoms with Crippen molar-refractivity contribution in [1.82, 2.24) is 4.90 Å². The molecule has 1 heterocycles. The number of hydrogen-bond donors (Lipinski definition) is 0. The number of carbonyl (C=O) groups excluding carboxylic acids is 1. The Hall–Kier alpha value is -0.900. The van der Waals surface area contributed by atoms with Gasteiger partial charge in [0.15, 0.2) is 0 Å². The number of nitrogens with zero attached hydrogens (tertiary/aromatic N) is 1. The molecule has 0 bridgehead atoms. The van der Waals surface area contributed by atoms with E-state index in [1.54, 1.807) is 12.1 Å². The zero-order valence-corrected chi connectivity index (χ0v) is 13.1. The van der Waals surface area contributed by atoms with Crippen LogP contribution >= 0.6 is 15.9 Å². The van der Waals surface area contributed by atoms with E-state index in [0.717, 1.165) is 13.0 Å². The Balaban J connectivity index is 2.24. The predicted molar refractivity (Wildman–Crippen MR) is 77.5 cm³/mol.